The van der Waals surface area contributed by atoms with Gasteiger partial charge < -0.3 is 9.47 Å². The molecule has 0 heterocycles. The summed E-state index contributed by atoms with van der Waals surface area (Å²) in [4.78, 5) is 27.5. The molecule has 4 nitrogen and oxygen atoms in total. The maximum Gasteiger partial charge on any atom is 0.317 e. The first-order valence-electron chi connectivity index (χ1n) is 17.0. The van der Waals surface area contributed by atoms with Crippen molar-refractivity contribution in [3.8, 4) is 11.5 Å². The minimum Gasteiger partial charge on any atom is -0.493 e. The van der Waals surface area contributed by atoms with E-state index in [1.165, 1.54) is 24.8 Å². The zero-order valence-corrected chi connectivity index (χ0v) is 27.6. The van der Waals surface area contributed by atoms with Gasteiger partial charge in [-0.1, -0.05) is 52.0 Å². The molecule has 5 aliphatic carbocycles. The molecule has 5 unspecified atom stereocenters. The van der Waals surface area contributed by atoms with Crippen LogP contribution in [-0.2, 0) is 16.0 Å². The van der Waals surface area contributed by atoms with E-state index in [9.17, 15) is 9.59 Å². The Kier molecular flexibility index (Phi) is 7.57. The molecule has 1 aromatic rings. The number of ketones is 1. The lowest BCUT2D eigenvalue weighted by atomic mass is 9.36. The summed E-state index contributed by atoms with van der Waals surface area (Å²) in [5, 5.41) is 0. The van der Waals surface area contributed by atoms with Gasteiger partial charge in [0.05, 0.1) is 12.5 Å². The second kappa shape index (κ2) is 10.6. The van der Waals surface area contributed by atoms with Crippen molar-refractivity contribution < 1.29 is 19.1 Å². The van der Waals surface area contributed by atoms with Crippen LogP contribution in [0, 0.1) is 57.2 Å². The van der Waals surface area contributed by atoms with Crippen LogP contribution in [0.15, 0.2) is 43.0 Å². The molecule has 0 bridgehead atoms. The van der Waals surface area contributed by atoms with Crippen molar-refractivity contribution in [3.63, 3.8) is 0 Å². The first-order valence-corrected chi connectivity index (χ1v) is 17.0. The minimum atomic E-state index is -0.473. The van der Waals surface area contributed by atoms with Gasteiger partial charge in [-0.05, 0) is 135 Å². The number of ether oxygens (including phenoxy) is 2. The smallest absolute Gasteiger partial charge is 0.317 e. The van der Waals surface area contributed by atoms with Crippen LogP contribution in [0.2, 0.25) is 0 Å². The van der Waals surface area contributed by atoms with Crippen molar-refractivity contribution in [1.29, 1.82) is 0 Å². The number of Topliss-reactive ketones (excluding diaryl/α,β-unsaturated/α-hetero) is 1. The summed E-state index contributed by atoms with van der Waals surface area (Å²) in [6.07, 6.45) is 13.0. The molecule has 0 amide bonds. The number of fused-ring (bicyclic) bond motifs is 7. The Bertz CT molecular complexity index is 1320. The van der Waals surface area contributed by atoms with Gasteiger partial charge in [-0.15, -0.1) is 6.58 Å². The van der Waals surface area contributed by atoms with Crippen molar-refractivity contribution in [1.82, 2.24) is 0 Å². The Labute approximate surface area is 260 Å². The van der Waals surface area contributed by atoms with Crippen molar-refractivity contribution >= 4 is 11.8 Å². The summed E-state index contributed by atoms with van der Waals surface area (Å²) in [5.74, 6) is 4.36. The van der Waals surface area contributed by atoms with Crippen LogP contribution in [0.5, 0.6) is 11.5 Å². The van der Waals surface area contributed by atoms with E-state index >= 15 is 0 Å². The molecule has 0 N–H and O–H groups in total. The molecule has 5 aliphatic rings. The molecule has 0 aliphatic heterocycles. The van der Waals surface area contributed by atoms with Crippen molar-refractivity contribution in [2.45, 2.75) is 105 Å². The maximum absolute atomic E-state index is 14.4. The zero-order chi connectivity index (χ0) is 30.9. The van der Waals surface area contributed by atoms with Crippen LogP contribution in [0.3, 0.4) is 0 Å². The Morgan fingerprint density at radius 2 is 1.70 bits per heavy atom. The Morgan fingerprint density at radius 3 is 2.40 bits per heavy atom. The van der Waals surface area contributed by atoms with Gasteiger partial charge in [-0.25, -0.2) is 0 Å². The van der Waals surface area contributed by atoms with E-state index in [4.69, 9.17) is 9.47 Å². The molecule has 43 heavy (non-hydrogen) atoms. The predicted molar refractivity (Wildman–Crippen MR) is 172 cm³/mol. The van der Waals surface area contributed by atoms with Crippen LogP contribution in [-0.4, -0.2) is 18.9 Å². The van der Waals surface area contributed by atoms with E-state index in [1.54, 1.807) is 7.11 Å². The fourth-order valence-electron chi connectivity index (χ4n) is 12.3. The van der Waals surface area contributed by atoms with Gasteiger partial charge in [-0.2, -0.15) is 0 Å². The maximum atomic E-state index is 14.4. The first kappa shape index (κ1) is 30.7. The number of benzene rings is 1. The molecule has 234 valence electrons. The van der Waals surface area contributed by atoms with E-state index < -0.39 is 5.41 Å². The summed E-state index contributed by atoms with van der Waals surface area (Å²) in [5.41, 5.74) is 2.07. The lowest BCUT2D eigenvalue weighted by Crippen LogP contribution is -2.63. The van der Waals surface area contributed by atoms with Gasteiger partial charge in [0.2, 0.25) is 0 Å². The minimum absolute atomic E-state index is 0.0649. The highest BCUT2D eigenvalue weighted by atomic mass is 16.6. The average molecular weight is 587 g/mol. The highest BCUT2D eigenvalue weighted by Gasteiger charge is 2.68. The number of rotatable bonds is 6. The van der Waals surface area contributed by atoms with Gasteiger partial charge >= 0.3 is 5.97 Å². The molecule has 5 saturated carbocycles. The number of carbonyl (C=O) groups is 2. The number of hydrogen-bond acceptors (Lipinski definition) is 4. The van der Waals surface area contributed by atoms with Gasteiger partial charge in [0.1, 0.15) is 5.78 Å². The van der Waals surface area contributed by atoms with Gasteiger partial charge in [0.15, 0.2) is 11.5 Å². The quantitative estimate of drug-likeness (QED) is 0.189. The number of methoxy groups -OCH3 is 1. The molecule has 6 rings (SSSR count). The van der Waals surface area contributed by atoms with Crippen LogP contribution in [0.1, 0.15) is 104 Å². The molecule has 4 heteroatoms. The van der Waals surface area contributed by atoms with Crippen LogP contribution < -0.4 is 9.47 Å². The van der Waals surface area contributed by atoms with Crippen LogP contribution in [0.25, 0.3) is 0 Å². The van der Waals surface area contributed by atoms with E-state index in [0.717, 1.165) is 56.9 Å². The van der Waals surface area contributed by atoms with Crippen LogP contribution in [0.4, 0.5) is 0 Å². The highest BCUT2D eigenvalue weighted by molar-refractivity contribution is 5.85. The summed E-state index contributed by atoms with van der Waals surface area (Å²) in [7, 11) is 1.64. The second-order valence-electron chi connectivity index (χ2n) is 16.2. The summed E-state index contributed by atoms with van der Waals surface area (Å²) < 4.78 is 12.0. The highest BCUT2D eigenvalue weighted by Crippen LogP contribution is 2.73. The van der Waals surface area contributed by atoms with E-state index in [2.05, 4.69) is 47.8 Å². The molecule has 9 atom stereocenters. The van der Waals surface area contributed by atoms with E-state index in [-0.39, 0.29) is 28.1 Å². The first-order chi connectivity index (χ1) is 20.3. The third-order valence-electron chi connectivity index (χ3n) is 14.2. The van der Waals surface area contributed by atoms with Crippen LogP contribution >= 0.6 is 0 Å². The Balaban J connectivity index is 1.32. The molecular weight excluding hydrogens is 532 g/mol. The Morgan fingerprint density at radius 1 is 0.953 bits per heavy atom. The largest absolute Gasteiger partial charge is 0.493 e. The lowest BCUT2D eigenvalue weighted by Gasteiger charge is -2.68. The SMILES string of the molecule is C=CCc1ccc(OC(=O)[C@@]23CCC4C(CCC5[C@@]4(C)CCC4C(C)(C)C(=O)CC[C@@]45C)C2[C@H](C(=C)C)CC3)c(OC)c1. The Hall–Kier alpha value is -2.36. The van der Waals surface area contributed by atoms with Crippen molar-refractivity contribution in [2.75, 3.05) is 7.11 Å². The summed E-state index contributed by atoms with van der Waals surface area (Å²) in [6.45, 7) is 20.1. The molecule has 0 radical (unpaired) electrons. The van der Waals surface area contributed by atoms with E-state index in [1.807, 2.05) is 24.3 Å². The topological polar surface area (TPSA) is 52.6 Å². The lowest BCUT2D eigenvalue weighted by molar-refractivity contribution is -0.201. The third kappa shape index (κ3) is 4.43. The van der Waals surface area contributed by atoms with Gasteiger partial charge in [0.25, 0.3) is 0 Å². The third-order valence-corrected chi connectivity index (χ3v) is 14.2. The molecule has 1 aromatic carbocycles. The number of esters is 1. The fraction of sp³-hybridized carbons (Fsp3) is 0.692. The molecule has 0 spiro atoms. The predicted octanol–water partition coefficient (Wildman–Crippen LogP) is 9.17. The molecular formula is C39H54O4. The zero-order valence-electron chi connectivity index (χ0n) is 27.6. The molecule has 0 aromatic heterocycles. The number of hydrogen-bond donors (Lipinski definition) is 0. The molecule has 0 saturated heterocycles. The molecule has 5 fully saturated rings. The number of allylic oxidation sites excluding steroid dienone is 2. The van der Waals surface area contributed by atoms with Crippen molar-refractivity contribution in [3.05, 3.63) is 48.6 Å². The summed E-state index contributed by atoms with van der Waals surface area (Å²) in [6, 6.07) is 5.85. The number of carbonyl (C=O) groups excluding carboxylic acids is 2. The fourth-order valence-corrected chi connectivity index (χ4v) is 12.3. The van der Waals surface area contributed by atoms with Gasteiger partial charge in [0, 0.05) is 11.8 Å². The summed E-state index contributed by atoms with van der Waals surface area (Å²) >= 11 is 0. The van der Waals surface area contributed by atoms with Gasteiger partial charge in [-0.3, -0.25) is 9.59 Å². The van der Waals surface area contributed by atoms with E-state index in [0.29, 0.717) is 46.9 Å². The standard InChI is InChI=1S/C39H54O4/c1-9-10-25-11-13-29(30(23-25)42-8)43-35(41)39-21-15-26(24(2)3)34(39)27-12-14-32-37(6,28(27)16-22-39)19-17-31-36(4,5)33(40)18-20-38(31,32)7/h9,11,13,23,26-28,31-32,34H,1-2,10,12,14-22H2,3-8H3/t26-,27?,28?,31?,32?,34?,37-,38-,39-/m0/s1. The monoisotopic (exact) mass is 586 g/mol. The normalized spacial score (nSPS) is 41.2. The average Bonchev–Trinajstić information content (AvgIpc) is 3.38. The van der Waals surface area contributed by atoms with Crippen molar-refractivity contribution in [2.24, 2.45) is 57.2 Å². The second-order valence-corrected chi connectivity index (χ2v) is 16.2.